The molecule has 0 aliphatic carbocycles. The number of hydrogen-bond donors (Lipinski definition) is 2. The number of ether oxygens (including phenoxy) is 1. The quantitative estimate of drug-likeness (QED) is 0.855. The number of hydrogen-bond acceptors (Lipinski definition) is 4. The minimum absolute atomic E-state index is 0.0982. The first kappa shape index (κ1) is 14.6. The second-order valence-corrected chi connectivity index (χ2v) is 5.50. The summed E-state index contributed by atoms with van der Waals surface area (Å²) in [6.45, 7) is 1.50. The van der Waals surface area contributed by atoms with Gasteiger partial charge in [-0.2, -0.15) is 0 Å². The van der Waals surface area contributed by atoms with Crippen molar-refractivity contribution >= 4 is 5.97 Å². The fourth-order valence-electron chi connectivity index (χ4n) is 2.87. The molecule has 2 atom stereocenters. The first-order valence-electron chi connectivity index (χ1n) is 7.50. The lowest BCUT2D eigenvalue weighted by molar-refractivity contribution is 0.0182. The molecule has 1 aliphatic heterocycles. The van der Waals surface area contributed by atoms with E-state index in [-0.39, 0.29) is 23.7 Å². The molecule has 0 spiro atoms. The Morgan fingerprint density at radius 3 is 2.73 bits per heavy atom. The minimum Gasteiger partial charge on any atom is -0.508 e. The third kappa shape index (κ3) is 3.28. The van der Waals surface area contributed by atoms with Crippen LogP contribution in [0.1, 0.15) is 28.3 Å². The second-order valence-electron chi connectivity index (χ2n) is 5.50. The summed E-state index contributed by atoms with van der Waals surface area (Å²) in [5, 5.41) is 12.9. The van der Waals surface area contributed by atoms with Gasteiger partial charge < -0.3 is 15.2 Å². The second kappa shape index (κ2) is 6.62. The average molecular weight is 297 g/mol. The van der Waals surface area contributed by atoms with Gasteiger partial charge in [-0.15, -0.1) is 0 Å². The molecule has 22 heavy (non-hydrogen) atoms. The van der Waals surface area contributed by atoms with Gasteiger partial charge in [-0.25, -0.2) is 4.79 Å². The van der Waals surface area contributed by atoms with Crippen molar-refractivity contribution in [1.29, 1.82) is 0 Å². The Labute approximate surface area is 129 Å². The summed E-state index contributed by atoms with van der Waals surface area (Å²) in [7, 11) is 0. The van der Waals surface area contributed by atoms with E-state index >= 15 is 0 Å². The number of piperidine rings is 1. The molecule has 0 amide bonds. The number of carbonyl (C=O) groups excluding carboxylic acids is 1. The van der Waals surface area contributed by atoms with Crippen LogP contribution >= 0.6 is 0 Å². The molecule has 1 fully saturated rings. The molecule has 4 heteroatoms. The number of esters is 1. The van der Waals surface area contributed by atoms with Crippen molar-refractivity contribution < 1.29 is 14.6 Å². The van der Waals surface area contributed by atoms with Crippen molar-refractivity contribution in [3.05, 3.63) is 65.7 Å². The predicted molar refractivity (Wildman–Crippen MR) is 84.0 cm³/mol. The van der Waals surface area contributed by atoms with Crippen LogP contribution in [0.2, 0.25) is 0 Å². The summed E-state index contributed by atoms with van der Waals surface area (Å²) in [5.74, 6) is 0.0321. The average Bonchev–Trinajstić information content (AvgIpc) is 2.56. The van der Waals surface area contributed by atoms with Gasteiger partial charge in [0.15, 0.2) is 0 Å². The van der Waals surface area contributed by atoms with E-state index in [1.807, 2.05) is 30.3 Å². The van der Waals surface area contributed by atoms with Gasteiger partial charge in [0.2, 0.25) is 0 Å². The summed E-state index contributed by atoms with van der Waals surface area (Å²) in [4.78, 5) is 12.3. The largest absolute Gasteiger partial charge is 0.508 e. The summed E-state index contributed by atoms with van der Waals surface area (Å²) >= 11 is 0. The van der Waals surface area contributed by atoms with E-state index in [0.717, 1.165) is 18.5 Å². The Hall–Kier alpha value is -2.33. The number of phenols is 1. The molecule has 2 N–H and O–H groups in total. The number of aromatic hydroxyl groups is 1. The molecular weight excluding hydrogens is 278 g/mol. The molecule has 114 valence electrons. The first-order valence-corrected chi connectivity index (χ1v) is 7.50. The molecule has 0 aromatic heterocycles. The number of rotatable bonds is 3. The SMILES string of the molecule is O=C(O[C@H]1CNCC[C@@H]1c1cccc(O)c1)c1ccccc1. The van der Waals surface area contributed by atoms with Gasteiger partial charge in [-0.3, -0.25) is 0 Å². The maximum atomic E-state index is 12.3. The van der Waals surface area contributed by atoms with Crippen molar-refractivity contribution in [3.63, 3.8) is 0 Å². The van der Waals surface area contributed by atoms with Crippen LogP contribution in [0.25, 0.3) is 0 Å². The van der Waals surface area contributed by atoms with Crippen LogP contribution in [0.5, 0.6) is 5.75 Å². The third-order valence-corrected chi connectivity index (χ3v) is 3.99. The number of benzene rings is 2. The Morgan fingerprint density at radius 1 is 1.14 bits per heavy atom. The van der Waals surface area contributed by atoms with Crippen LogP contribution in [-0.4, -0.2) is 30.3 Å². The van der Waals surface area contributed by atoms with E-state index in [9.17, 15) is 9.90 Å². The molecule has 1 saturated heterocycles. The van der Waals surface area contributed by atoms with Gasteiger partial charge in [-0.05, 0) is 42.8 Å². The van der Waals surface area contributed by atoms with E-state index < -0.39 is 0 Å². The minimum atomic E-state index is -0.306. The van der Waals surface area contributed by atoms with Crippen molar-refractivity contribution in [2.24, 2.45) is 0 Å². The molecule has 0 unspecified atom stereocenters. The van der Waals surface area contributed by atoms with Crippen LogP contribution in [-0.2, 0) is 4.74 Å². The zero-order valence-electron chi connectivity index (χ0n) is 12.2. The van der Waals surface area contributed by atoms with Gasteiger partial charge in [0, 0.05) is 12.5 Å². The highest BCUT2D eigenvalue weighted by molar-refractivity contribution is 5.89. The monoisotopic (exact) mass is 297 g/mol. The summed E-state index contributed by atoms with van der Waals surface area (Å²) < 4.78 is 5.70. The van der Waals surface area contributed by atoms with Crippen molar-refractivity contribution in [2.45, 2.75) is 18.4 Å². The molecule has 0 radical (unpaired) electrons. The molecule has 1 heterocycles. The molecule has 4 nitrogen and oxygen atoms in total. The molecule has 0 bridgehead atoms. The molecule has 0 saturated carbocycles. The lowest BCUT2D eigenvalue weighted by Crippen LogP contribution is -2.42. The van der Waals surface area contributed by atoms with Gasteiger partial charge >= 0.3 is 5.97 Å². The summed E-state index contributed by atoms with van der Waals surface area (Å²) in [6.07, 6.45) is 0.638. The highest BCUT2D eigenvalue weighted by atomic mass is 16.5. The fraction of sp³-hybridized carbons (Fsp3) is 0.278. The maximum Gasteiger partial charge on any atom is 0.338 e. The predicted octanol–water partition coefficient (Wildman–Crippen LogP) is 2.69. The van der Waals surface area contributed by atoms with E-state index in [1.165, 1.54) is 0 Å². The molecule has 2 aromatic carbocycles. The first-order chi connectivity index (χ1) is 10.7. The Morgan fingerprint density at radius 2 is 1.95 bits per heavy atom. The molecule has 2 aromatic rings. The van der Waals surface area contributed by atoms with E-state index in [4.69, 9.17) is 4.74 Å². The van der Waals surface area contributed by atoms with E-state index in [2.05, 4.69) is 5.32 Å². The number of carbonyl (C=O) groups is 1. The molecule has 3 rings (SSSR count). The highest BCUT2D eigenvalue weighted by Crippen LogP contribution is 2.30. The van der Waals surface area contributed by atoms with Crippen molar-refractivity contribution in [2.75, 3.05) is 13.1 Å². The number of nitrogens with one attached hydrogen (secondary N) is 1. The fourth-order valence-corrected chi connectivity index (χ4v) is 2.87. The van der Waals surface area contributed by atoms with Gasteiger partial charge in [-0.1, -0.05) is 30.3 Å². The topological polar surface area (TPSA) is 58.6 Å². The Bertz CT molecular complexity index is 642. The number of phenolic OH excluding ortho intramolecular Hbond substituents is 1. The molecule has 1 aliphatic rings. The van der Waals surface area contributed by atoms with Crippen LogP contribution in [0.3, 0.4) is 0 Å². The van der Waals surface area contributed by atoms with Crippen molar-refractivity contribution in [1.82, 2.24) is 5.32 Å². The summed E-state index contributed by atoms with van der Waals surface area (Å²) in [6, 6.07) is 16.2. The van der Waals surface area contributed by atoms with Crippen LogP contribution in [0.15, 0.2) is 54.6 Å². The zero-order valence-corrected chi connectivity index (χ0v) is 12.2. The van der Waals surface area contributed by atoms with Crippen molar-refractivity contribution in [3.8, 4) is 5.75 Å². The lowest BCUT2D eigenvalue weighted by atomic mass is 9.87. The molecular formula is C18H19NO3. The zero-order chi connectivity index (χ0) is 15.4. The smallest absolute Gasteiger partial charge is 0.338 e. The van der Waals surface area contributed by atoms with Gasteiger partial charge in [0.25, 0.3) is 0 Å². The van der Waals surface area contributed by atoms with Gasteiger partial charge in [0.05, 0.1) is 5.56 Å². The highest BCUT2D eigenvalue weighted by Gasteiger charge is 2.30. The van der Waals surface area contributed by atoms with Gasteiger partial charge in [0.1, 0.15) is 11.9 Å². The van der Waals surface area contributed by atoms with E-state index in [1.54, 1.807) is 24.3 Å². The third-order valence-electron chi connectivity index (χ3n) is 3.99. The van der Waals surface area contributed by atoms with Crippen LogP contribution < -0.4 is 5.32 Å². The van der Waals surface area contributed by atoms with Crippen LogP contribution in [0, 0.1) is 0 Å². The maximum absolute atomic E-state index is 12.3. The standard InChI is InChI=1S/C18H19NO3/c20-15-8-4-7-14(11-15)16-9-10-19-12-17(16)22-18(21)13-5-2-1-3-6-13/h1-8,11,16-17,19-20H,9-10,12H2/t16-,17+/m1/s1. The Balaban J connectivity index is 1.77. The normalized spacial score (nSPS) is 21.3. The summed E-state index contributed by atoms with van der Waals surface area (Å²) in [5.41, 5.74) is 1.56. The Kier molecular flexibility index (Phi) is 4.39. The lowest BCUT2D eigenvalue weighted by Gasteiger charge is -2.32. The van der Waals surface area contributed by atoms with Crippen LogP contribution in [0.4, 0.5) is 0 Å². The van der Waals surface area contributed by atoms with E-state index in [0.29, 0.717) is 12.1 Å².